The Bertz CT molecular complexity index is 1220. The number of aromatic amines is 1. The molecule has 0 bridgehead atoms. The van der Waals surface area contributed by atoms with Crippen LogP contribution in [-0.4, -0.2) is 39.4 Å². The summed E-state index contributed by atoms with van der Waals surface area (Å²) < 4.78 is 4.84. The summed E-state index contributed by atoms with van der Waals surface area (Å²) in [5, 5.41) is 14.9. The number of aromatic nitrogens is 8. The molecule has 4 rings (SSSR count). The normalized spacial score (nSPS) is 11.3. The highest BCUT2D eigenvalue weighted by molar-refractivity contribution is 7.71. The molecule has 26 heavy (non-hydrogen) atoms. The van der Waals surface area contributed by atoms with Crippen molar-refractivity contribution in [2.75, 3.05) is 5.84 Å². The average molecular weight is 369 g/mol. The maximum Gasteiger partial charge on any atom is 0.272 e. The molecule has 11 heteroatoms. The van der Waals surface area contributed by atoms with Gasteiger partial charge in [-0.05, 0) is 31.3 Å². The molecule has 3 heterocycles. The molecule has 10 nitrogen and oxygen atoms in total. The van der Waals surface area contributed by atoms with E-state index < -0.39 is 0 Å². The Morgan fingerprint density at radius 2 is 2.08 bits per heavy atom. The zero-order valence-electron chi connectivity index (χ0n) is 13.8. The van der Waals surface area contributed by atoms with Crippen LogP contribution in [0.3, 0.4) is 0 Å². The summed E-state index contributed by atoms with van der Waals surface area (Å²) in [4.78, 5) is 16.9. The third-order valence-electron chi connectivity index (χ3n) is 4.00. The standard InChI is InChI=1S/C15H15N9OS/c1-9-14(25)23(12-5-3-2-4-11(12)17-9)7-10-6-22(21-18-10)8-13-19-20-15(26)24(13)16/h2-6H,7-8,16H2,1H3,(H,20,26). The smallest absolute Gasteiger partial charge is 0.272 e. The Hall–Kier alpha value is -3.34. The first kappa shape index (κ1) is 16.1. The Kier molecular flexibility index (Phi) is 3.84. The third kappa shape index (κ3) is 2.77. The summed E-state index contributed by atoms with van der Waals surface area (Å²) in [7, 11) is 0. The van der Waals surface area contributed by atoms with Gasteiger partial charge in [-0.1, -0.05) is 17.3 Å². The summed E-state index contributed by atoms with van der Waals surface area (Å²) in [6, 6.07) is 7.49. The Morgan fingerprint density at radius 3 is 2.85 bits per heavy atom. The van der Waals surface area contributed by atoms with Gasteiger partial charge in [0.15, 0.2) is 5.82 Å². The average Bonchev–Trinajstić information content (AvgIpc) is 3.20. The predicted octanol–water partition coefficient (Wildman–Crippen LogP) is 0.361. The quantitative estimate of drug-likeness (QED) is 0.393. The summed E-state index contributed by atoms with van der Waals surface area (Å²) in [6.45, 7) is 2.30. The van der Waals surface area contributed by atoms with E-state index in [-0.39, 0.29) is 12.1 Å². The molecule has 0 saturated heterocycles. The van der Waals surface area contributed by atoms with Crippen molar-refractivity contribution in [1.29, 1.82) is 0 Å². The second kappa shape index (κ2) is 6.19. The van der Waals surface area contributed by atoms with Crippen LogP contribution in [0.4, 0.5) is 0 Å². The highest BCUT2D eigenvalue weighted by atomic mass is 32.1. The topological polar surface area (TPSA) is 125 Å². The SMILES string of the molecule is Cc1nc2ccccc2n(Cc2cn(Cc3n[nH]c(=S)n3N)nn2)c1=O. The van der Waals surface area contributed by atoms with E-state index in [1.807, 2.05) is 24.3 Å². The second-order valence-electron chi connectivity index (χ2n) is 5.80. The van der Waals surface area contributed by atoms with E-state index in [4.69, 9.17) is 18.1 Å². The number of nitrogens with two attached hydrogens (primary N) is 1. The number of para-hydroxylation sites is 2. The third-order valence-corrected chi connectivity index (χ3v) is 4.29. The van der Waals surface area contributed by atoms with Crippen molar-refractivity contribution in [3.05, 3.63) is 62.8 Å². The summed E-state index contributed by atoms with van der Waals surface area (Å²) in [5.74, 6) is 6.31. The molecule has 0 unspecified atom stereocenters. The van der Waals surface area contributed by atoms with E-state index in [1.165, 1.54) is 4.68 Å². The molecule has 3 aromatic heterocycles. The molecule has 0 aliphatic heterocycles. The Morgan fingerprint density at radius 1 is 1.27 bits per heavy atom. The van der Waals surface area contributed by atoms with Crippen LogP contribution in [0.2, 0.25) is 0 Å². The van der Waals surface area contributed by atoms with E-state index in [9.17, 15) is 4.79 Å². The highest BCUT2D eigenvalue weighted by Gasteiger charge is 2.11. The van der Waals surface area contributed by atoms with Crippen LogP contribution >= 0.6 is 12.2 Å². The number of nitrogens with one attached hydrogen (secondary N) is 1. The van der Waals surface area contributed by atoms with Crippen LogP contribution in [0.15, 0.2) is 35.3 Å². The molecule has 0 saturated carbocycles. The Labute approximate surface area is 151 Å². The van der Waals surface area contributed by atoms with Gasteiger partial charge in [-0.3, -0.25) is 14.5 Å². The van der Waals surface area contributed by atoms with E-state index in [0.29, 0.717) is 28.5 Å². The minimum atomic E-state index is -0.152. The van der Waals surface area contributed by atoms with E-state index in [0.717, 1.165) is 11.0 Å². The van der Waals surface area contributed by atoms with Gasteiger partial charge < -0.3 is 5.84 Å². The van der Waals surface area contributed by atoms with Gasteiger partial charge in [0.2, 0.25) is 4.77 Å². The maximum absolute atomic E-state index is 12.5. The number of benzene rings is 1. The van der Waals surface area contributed by atoms with E-state index in [2.05, 4.69) is 25.5 Å². The number of hydrogen-bond acceptors (Lipinski definition) is 7. The monoisotopic (exact) mass is 369 g/mol. The Balaban J connectivity index is 1.67. The fourth-order valence-electron chi connectivity index (χ4n) is 2.72. The van der Waals surface area contributed by atoms with Crippen molar-refractivity contribution in [3.63, 3.8) is 0 Å². The lowest BCUT2D eigenvalue weighted by Gasteiger charge is -2.09. The first-order valence-electron chi connectivity index (χ1n) is 7.79. The molecule has 0 amide bonds. The zero-order chi connectivity index (χ0) is 18.3. The molecule has 1 aromatic carbocycles. The van der Waals surface area contributed by atoms with Crippen molar-refractivity contribution in [1.82, 2.24) is 39.4 Å². The zero-order valence-corrected chi connectivity index (χ0v) is 14.6. The van der Waals surface area contributed by atoms with Crippen LogP contribution in [0, 0.1) is 11.7 Å². The van der Waals surface area contributed by atoms with Crippen LogP contribution in [-0.2, 0) is 13.1 Å². The first-order valence-corrected chi connectivity index (χ1v) is 8.20. The number of nitrogen functional groups attached to an aromatic ring is 1. The lowest BCUT2D eigenvalue weighted by molar-refractivity contribution is 0.611. The molecule has 0 aliphatic carbocycles. The molecule has 0 aliphatic rings. The number of aryl methyl sites for hydroxylation is 1. The van der Waals surface area contributed by atoms with Crippen LogP contribution < -0.4 is 11.4 Å². The lowest BCUT2D eigenvalue weighted by Crippen LogP contribution is -2.24. The number of hydrogen-bond donors (Lipinski definition) is 2. The van der Waals surface area contributed by atoms with Crippen LogP contribution in [0.5, 0.6) is 0 Å². The minimum absolute atomic E-state index is 0.152. The van der Waals surface area contributed by atoms with E-state index in [1.54, 1.807) is 22.4 Å². The van der Waals surface area contributed by atoms with Crippen molar-refractivity contribution in [2.45, 2.75) is 20.0 Å². The maximum atomic E-state index is 12.5. The molecular formula is C15H15N9OS. The van der Waals surface area contributed by atoms with Crippen molar-refractivity contribution in [3.8, 4) is 0 Å². The van der Waals surface area contributed by atoms with Crippen LogP contribution in [0.25, 0.3) is 11.0 Å². The largest absolute Gasteiger partial charge is 0.335 e. The fraction of sp³-hybridized carbons (Fsp3) is 0.200. The van der Waals surface area contributed by atoms with Gasteiger partial charge >= 0.3 is 0 Å². The van der Waals surface area contributed by atoms with Gasteiger partial charge in [-0.15, -0.1) is 5.10 Å². The van der Waals surface area contributed by atoms with Gasteiger partial charge in [-0.25, -0.2) is 14.3 Å². The number of nitrogens with zero attached hydrogens (tertiary/aromatic N) is 7. The fourth-order valence-corrected chi connectivity index (χ4v) is 2.87. The van der Waals surface area contributed by atoms with Crippen molar-refractivity contribution >= 4 is 23.3 Å². The molecule has 132 valence electrons. The van der Waals surface area contributed by atoms with E-state index >= 15 is 0 Å². The van der Waals surface area contributed by atoms with Gasteiger partial charge in [-0.2, -0.15) is 5.10 Å². The molecule has 0 spiro atoms. The van der Waals surface area contributed by atoms with Gasteiger partial charge in [0, 0.05) is 0 Å². The molecule has 0 fully saturated rings. The van der Waals surface area contributed by atoms with Gasteiger partial charge in [0.1, 0.15) is 17.9 Å². The van der Waals surface area contributed by atoms with Crippen molar-refractivity contribution in [2.24, 2.45) is 0 Å². The summed E-state index contributed by atoms with van der Waals surface area (Å²) in [6.07, 6.45) is 1.74. The predicted molar refractivity (Wildman–Crippen MR) is 96.5 cm³/mol. The van der Waals surface area contributed by atoms with Gasteiger partial charge in [0.25, 0.3) is 5.56 Å². The molecule has 3 N–H and O–H groups in total. The molecular weight excluding hydrogens is 354 g/mol. The van der Waals surface area contributed by atoms with Crippen LogP contribution in [0.1, 0.15) is 17.2 Å². The van der Waals surface area contributed by atoms with Crippen molar-refractivity contribution < 1.29 is 0 Å². The summed E-state index contributed by atoms with van der Waals surface area (Å²) >= 11 is 4.98. The molecule has 0 atom stereocenters. The number of fused-ring (bicyclic) bond motifs is 1. The highest BCUT2D eigenvalue weighted by Crippen LogP contribution is 2.11. The first-order chi connectivity index (χ1) is 12.5. The number of rotatable bonds is 4. The lowest BCUT2D eigenvalue weighted by atomic mass is 10.2. The second-order valence-corrected chi connectivity index (χ2v) is 6.19. The minimum Gasteiger partial charge on any atom is -0.335 e. The number of H-pyrrole nitrogens is 1. The molecule has 4 aromatic rings. The van der Waals surface area contributed by atoms with Gasteiger partial charge in [0.05, 0.1) is 23.8 Å². The molecule has 0 radical (unpaired) electrons. The summed E-state index contributed by atoms with van der Waals surface area (Å²) in [5.41, 5.74) is 2.44.